The fourth-order valence-electron chi connectivity index (χ4n) is 2.61. The summed E-state index contributed by atoms with van der Waals surface area (Å²) >= 11 is 0. The number of hydrogen-bond donors (Lipinski definition) is 0. The molecule has 0 aromatic heterocycles. The van der Waals surface area contributed by atoms with Crippen molar-refractivity contribution in [1.82, 2.24) is 0 Å². The Morgan fingerprint density at radius 1 is 1.21 bits per heavy atom. The van der Waals surface area contributed by atoms with Crippen LogP contribution in [0.15, 0.2) is 41.3 Å². The van der Waals surface area contributed by atoms with Gasteiger partial charge in [0.1, 0.15) is 6.54 Å². The first kappa shape index (κ1) is 19.4. The van der Waals surface area contributed by atoms with Crippen LogP contribution in [0.25, 0.3) is 0 Å². The van der Waals surface area contributed by atoms with Crippen LogP contribution < -0.4 is 13.8 Å². The molecule has 0 bridgehead atoms. The molecule has 148 valence electrons. The second-order valence-corrected chi connectivity index (χ2v) is 7.69. The van der Waals surface area contributed by atoms with Crippen LogP contribution in [0.2, 0.25) is 0 Å². The summed E-state index contributed by atoms with van der Waals surface area (Å²) in [6.07, 6.45) is 0. The number of fused-ring (bicyclic) bond motifs is 1. The molecule has 0 unspecified atom stereocenters. The number of anilines is 1. The molecule has 10 nitrogen and oxygen atoms in total. The van der Waals surface area contributed by atoms with Crippen molar-refractivity contribution in [1.29, 1.82) is 0 Å². The zero-order chi connectivity index (χ0) is 20.5. The fourth-order valence-corrected chi connectivity index (χ4v) is 4.03. The molecule has 11 heteroatoms. The number of methoxy groups -OCH3 is 1. The van der Waals surface area contributed by atoms with Gasteiger partial charge in [-0.1, -0.05) is 6.07 Å². The lowest BCUT2D eigenvalue weighted by molar-refractivity contribution is -0.385. The quantitative estimate of drug-likeness (QED) is 0.404. The summed E-state index contributed by atoms with van der Waals surface area (Å²) in [5, 5.41) is 11.2. The second-order valence-electron chi connectivity index (χ2n) is 5.83. The zero-order valence-electron chi connectivity index (χ0n) is 14.9. The zero-order valence-corrected chi connectivity index (χ0v) is 15.8. The van der Waals surface area contributed by atoms with Crippen molar-refractivity contribution in [2.75, 3.05) is 24.8 Å². The third-order valence-electron chi connectivity index (χ3n) is 4.11. The lowest BCUT2D eigenvalue weighted by Gasteiger charge is -2.23. The largest absolute Gasteiger partial charge is 0.468 e. The molecule has 28 heavy (non-hydrogen) atoms. The van der Waals surface area contributed by atoms with Crippen molar-refractivity contribution in [2.45, 2.75) is 11.8 Å². The summed E-state index contributed by atoms with van der Waals surface area (Å²) in [4.78, 5) is 22.0. The lowest BCUT2D eigenvalue weighted by atomic mass is 10.2. The first-order valence-corrected chi connectivity index (χ1v) is 9.42. The van der Waals surface area contributed by atoms with E-state index in [1.54, 1.807) is 0 Å². The van der Waals surface area contributed by atoms with Crippen molar-refractivity contribution in [3.63, 3.8) is 0 Å². The maximum absolute atomic E-state index is 13.2. The van der Waals surface area contributed by atoms with Crippen molar-refractivity contribution >= 4 is 27.4 Å². The van der Waals surface area contributed by atoms with Gasteiger partial charge in [0, 0.05) is 17.7 Å². The molecule has 0 saturated heterocycles. The Kier molecular flexibility index (Phi) is 5.10. The minimum atomic E-state index is -4.32. The van der Waals surface area contributed by atoms with Crippen LogP contribution in [0, 0.1) is 17.0 Å². The van der Waals surface area contributed by atoms with E-state index in [4.69, 9.17) is 9.47 Å². The standard InChI is InChI=1S/C17H16N2O8S/c1-11-3-5-13(8-14(11)19(21)22)28(23,24)18(9-17(20)25-2)12-4-6-15-16(7-12)27-10-26-15/h3-8H,9-10H2,1-2H3. The Hall–Kier alpha value is -3.34. The number of aryl methyl sites for hydroxylation is 1. The highest BCUT2D eigenvalue weighted by Gasteiger charge is 2.30. The van der Waals surface area contributed by atoms with Gasteiger partial charge in [0.05, 0.1) is 22.6 Å². The number of sulfonamides is 1. The van der Waals surface area contributed by atoms with Crippen molar-refractivity contribution < 1.29 is 32.3 Å². The molecule has 3 rings (SSSR count). The Bertz CT molecular complexity index is 1050. The average molecular weight is 408 g/mol. The Balaban J connectivity index is 2.10. The maximum atomic E-state index is 13.2. The van der Waals surface area contributed by atoms with Gasteiger partial charge in [-0.15, -0.1) is 0 Å². The summed E-state index contributed by atoms with van der Waals surface area (Å²) in [6.45, 7) is 0.867. The maximum Gasteiger partial charge on any atom is 0.326 e. The van der Waals surface area contributed by atoms with Gasteiger partial charge in [-0.05, 0) is 25.1 Å². The van der Waals surface area contributed by atoms with E-state index < -0.39 is 27.5 Å². The molecule has 1 aliphatic rings. The van der Waals surface area contributed by atoms with Crippen LogP contribution in [0.3, 0.4) is 0 Å². The van der Waals surface area contributed by atoms with E-state index in [-0.39, 0.29) is 23.1 Å². The molecule has 0 N–H and O–H groups in total. The number of nitro groups is 1. The van der Waals surface area contributed by atoms with Crippen molar-refractivity contribution in [3.05, 3.63) is 52.1 Å². The molecule has 0 atom stereocenters. The molecule has 0 fully saturated rings. The SMILES string of the molecule is COC(=O)CN(c1ccc2c(c1)OCO2)S(=O)(=O)c1ccc(C)c([N+](=O)[O-])c1. The van der Waals surface area contributed by atoms with E-state index in [1.165, 1.54) is 37.3 Å². The predicted molar refractivity (Wildman–Crippen MR) is 96.9 cm³/mol. The van der Waals surface area contributed by atoms with Crippen LogP contribution in [0.1, 0.15) is 5.56 Å². The number of esters is 1. The van der Waals surface area contributed by atoms with E-state index in [2.05, 4.69) is 4.74 Å². The lowest BCUT2D eigenvalue weighted by Crippen LogP contribution is -2.36. The number of carbonyl (C=O) groups is 1. The molecule has 0 aliphatic carbocycles. The van der Waals surface area contributed by atoms with Gasteiger partial charge in [0.2, 0.25) is 6.79 Å². The van der Waals surface area contributed by atoms with Gasteiger partial charge in [0.15, 0.2) is 11.5 Å². The first-order chi connectivity index (χ1) is 13.2. The third kappa shape index (κ3) is 3.56. The highest BCUT2D eigenvalue weighted by molar-refractivity contribution is 7.92. The average Bonchev–Trinajstić information content (AvgIpc) is 3.13. The van der Waals surface area contributed by atoms with Gasteiger partial charge in [-0.2, -0.15) is 0 Å². The molecular weight excluding hydrogens is 392 g/mol. The molecule has 1 aliphatic heterocycles. The molecule has 0 spiro atoms. The summed E-state index contributed by atoms with van der Waals surface area (Å²) < 4.78 is 42.2. The Labute approximate surface area is 160 Å². The molecule has 1 heterocycles. The van der Waals surface area contributed by atoms with Gasteiger partial charge in [0.25, 0.3) is 15.7 Å². The number of benzene rings is 2. The normalized spacial score (nSPS) is 12.5. The van der Waals surface area contributed by atoms with Gasteiger partial charge >= 0.3 is 5.97 Å². The summed E-state index contributed by atoms with van der Waals surface area (Å²) in [6, 6.07) is 7.90. The molecule has 2 aromatic rings. The number of nitro benzene ring substituents is 1. The topological polar surface area (TPSA) is 125 Å². The number of carbonyl (C=O) groups excluding carboxylic acids is 1. The van der Waals surface area contributed by atoms with Gasteiger partial charge in [-0.25, -0.2) is 8.42 Å². The van der Waals surface area contributed by atoms with Gasteiger partial charge < -0.3 is 14.2 Å². The number of rotatable bonds is 6. The Morgan fingerprint density at radius 3 is 2.61 bits per heavy atom. The fraction of sp³-hybridized carbons (Fsp3) is 0.235. The Morgan fingerprint density at radius 2 is 1.93 bits per heavy atom. The van der Waals surface area contributed by atoms with E-state index in [9.17, 15) is 23.3 Å². The third-order valence-corrected chi connectivity index (χ3v) is 5.88. The number of hydrogen-bond acceptors (Lipinski definition) is 8. The van der Waals surface area contributed by atoms with Gasteiger partial charge in [-0.3, -0.25) is 19.2 Å². The number of nitrogens with zero attached hydrogens (tertiary/aromatic N) is 2. The summed E-state index contributed by atoms with van der Waals surface area (Å²) in [5.41, 5.74) is 0.0919. The molecule has 0 amide bonds. The predicted octanol–water partition coefficient (Wildman–Crippen LogP) is 2.00. The van der Waals surface area contributed by atoms with Crippen LogP contribution >= 0.6 is 0 Å². The van der Waals surface area contributed by atoms with E-state index >= 15 is 0 Å². The molecular formula is C17H16N2O8S. The summed E-state index contributed by atoms with van der Waals surface area (Å²) in [5.74, 6) is -0.0505. The highest BCUT2D eigenvalue weighted by atomic mass is 32.2. The minimum absolute atomic E-state index is 0.00725. The van der Waals surface area contributed by atoms with Crippen LogP contribution in [0.5, 0.6) is 11.5 Å². The van der Waals surface area contributed by atoms with Crippen LogP contribution in [-0.2, 0) is 19.6 Å². The second kappa shape index (κ2) is 7.35. The molecule has 0 radical (unpaired) electrons. The highest BCUT2D eigenvalue weighted by Crippen LogP contribution is 2.37. The first-order valence-electron chi connectivity index (χ1n) is 7.98. The van der Waals surface area contributed by atoms with E-state index in [1.807, 2.05) is 0 Å². The van der Waals surface area contributed by atoms with E-state index in [0.29, 0.717) is 17.1 Å². The van der Waals surface area contributed by atoms with Crippen molar-refractivity contribution in [3.8, 4) is 11.5 Å². The van der Waals surface area contributed by atoms with E-state index in [0.717, 1.165) is 17.5 Å². The minimum Gasteiger partial charge on any atom is -0.468 e. The van der Waals surface area contributed by atoms with Crippen LogP contribution in [-0.4, -0.2) is 39.8 Å². The summed E-state index contributed by atoms with van der Waals surface area (Å²) in [7, 11) is -3.19. The molecule has 0 saturated carbocycles. The molecule has 2 aromatic carbocycles. The number of ether oxygens (including phenoxy) is 3. The smallest absolute Gasteiger partial charge is 0.326 e. The monoisotopic (exact) mass is 408 g/mol. The van der Waals surface area contributed by atoms with Crippen LogP contribution in [0.4, 0.5) is 11.4 Å². The van der Waals surface area contributed by atoms with Crippen molar-refractivity contribution in [2.24, 2.45) is 0 Å².